The van der Waals surface area contributed by atoms with Gasteiger partial charge in [-0.3, -0.25) is 4.79 Å². The van der Waals surface area contributed by atoms with Crippen molar-refractivity contribution in [1.82, 2.24) is 4.90 Å². The van der Waals surface area contributed by atoms with Gasteiger partial charge in [0.25, 0.3) is 5.91 Å². The molecule has 0 N–H and O–H groups in total. The third-order valence-electron chi connectivity index (χ3n) is 4.55. The number of fused-ring (bicyclic) bond motifs is 1. The minimum Gasteiger partial charge on any atom is -0.454 e. The molecule has 0 bridgehead atoms. The number of nitrogens with zero attached hydrogens (tertiary/aromatic N) is 1. The molecule has 7 heteroatoms. The van der Waals surface area contributed by atoms with Crippen molar-refractivity contribution in [2.24, 2.45) is 0 Å². The molecule has 1 fully saturated rings. The van der Waals surface area contributed by atoms with Crippen LogP contribution in [0.1, 0.15) is 27.6 Å². The highest BCUT2D eigenvalue weighted by Crippen LogP contribution is 2.37. The molecule has 0 saturated carbocycles. The first-order chi connectivity index (χ1) is 12.6. The lowest BCUT2D eigenvalue weighted by Crippen LogP contribution is -2.32. The van der Waals surface area contributed by atoms with Crippen LogP contribution < -0.4 is 9.47 Å². The minimum atomic E-state index is -0.445. The second-order valence-corrected chi connectivity index (χ2v) is 7.48. The highest BCUT2D eigenvalue weighted by atomic mass is 32.2. The summed E-state index contributed by atoms with van der Waals surface area (Å²) < 4.78 is 38.1. The van der Waals surface area contributed by atoms with Gasteiger partial charge in [0.2, 0.25) is 6.79 Å². The van der Waals surface area contributed by atoms with Crippen LogP contribution in [0.5, 0.6) is 11.5 Å². The Morgan fingerprint density at radius 1 is 1.08 bits per heavy atom. The molecule has 0 radical (unpaired) electrons. The lowest BCUT2D eigenvalue weighted by atomic mass is 10.1. The Balaban J connectivity index is 1.48. The number of carbonyl (C=O) groups is 1. The fraction of sp³-hybridized carbons (Fsp3) is 0.316. The number of rotatable bonds is 2. The fourth-order valence-electron chi connectivity index (χ4n) is 3.20. The first-order valence-electron chi connectivity index (χ1n) is 8.37. The minimum absolute atomic E-state index is 0.0933. The summed E-state index contributed by atoms with van der Waals surface area (Å²) in [4.78, 5) is 14.6. The summed E-state index contributed by atoms with van der Waals surface area (Å²) in [6.45, 7) is 1.21. The number of carbonyl (C=O) groups excluding carboxylic acids is 1. The third-order valence-corrected chi connectivity index (χ3v) is 5.86. The van der Waals surface area contributed by atoms with Crippen LogP contribution in [0.3, 0.4) is 0 Å². The summed E-state index contributed by atoms with van der Waals surface area (Å²) in [7, 11) is 0. The Morgan fingerprint density at radius 2 is 1.92 bits per heavy atom. The molecule has 2 aromatic carbocycles. The van der Waals surface area contributed by atoms with Crippen molar-refractivity contribution < 1.29 is 23.0 Å². The summed E-state index contributed by atoms with van der Waals surface area (Å²) in [6, 6.07) is 8.67. The van der Waals surface area contributed by atoms with Gasteiger partial charge in [-0.25, -0.2) is 8.78 Å². The van der Waals surface area contributed by atoms with Crippen molar-refractivity contribution in [2.45, 2.75) is 11.7 Å². The zero-order valence-corrected chi connectivity index (χ0v) is 14.7. The van der Waals surface area contributed by atoms with E-state index in [1.54, 1.807) is 34.9 Å². The Kier molecular flexibility index (Phi) is 4.72. The van der Waals surface area contributed by atoms with Gasteiger partial charge in [-0.15, -0.1) is 0 Å². The quantitative estimate of drug-likeness (QED) is 0.793. The van der Waals surface area contributed by atoms with Crippen LogP contribution in [-0.4, -0.2) is 36.4 Å². The van der Waals surface area contributed by atoms with Crippen LogP contribution >= 0.6 is 11.8 Å². The van der Waals surface area contributed by atoms with E-state index in [-0.39, 0.29) is 18.0 Å². The number of ether oxygens (including phenoxy) is 2. The largest absolute Gasteiger partial charge is 0.454 e. The molecule has 0 aromatic heterocycles. The normalized spacial score (nSPS) is 19.3. The van der Waals surface area contributed by atoms with E-state index in [1.165, 1.54) is 6.07 Å². The van der Waals surface area contributed by atoms with E-state index in [0.29, 0.717) is 47.9 Å². The van der Waals surface area contributed by atoms with E-state index in [2.05, 4.69) is 0 Å². The van der Waals surface area contributed by atoms with Crippen LogP contribution in [-0.2, 0) is 0 Å². The summed E-state index contributed by atoms with van der Waals surface area (Å²) in [5, 5.41) is -0.166. The van der Waals surface area contributed by atoms with Gasteiger partial charge in [-0.1, -0.05) is 0 Å². The smallest absolute Gasteiger partial charge is 0.254 e. The van der Waals surface area contributed by atoms with Crippen molar-refractivity contribution in [3.63, 3.8) is 0 Å². The Morgan fingerprint density at radius 3 is 2.81 bits per heavy atom. The van der Waals surface area contributed by atoms with E-state index < -0.39 is 11.6 Å². The van der Waals surface area contributed by atoms with E-state index >= 15 is 0 Å². The maximum atomic E-state index is 14.0. The molecule has 136 valence electrons. The zero-order valence-electron chi connectivity index (χ0n) is 13.9. The number of hydrogen-bond acceptors (Lipinski definition) is 4. The first kappa shape index (κ1) is 17.1. The van der Waals surface area contributed by atoms with Crippen LogP contribution in [0.2, 0.25) is 0 Å². The Labute approximate surface area is 154 Å². The molecule has 0 spiro atoms. The molecule has 1 atom stereocenters. The average Bonchev–Trinajstić information content (AvgIpc) is 2.98. The predicted molar refractivity (Wildman–Crippen MR) is 94.6 cm³/mol. The van der Waals surface area contributed by atoms with Crippen LogP contribution in [0, 0.1) is 11.6 Å². The van der Waals surface area contributed by atoms with Gasteiger partial charge in [0.15, 0.2) is 11.5 Å². The highest BCUT2D eigenvalue weighted by molar-refractivity contribution is 7.99. The molecule has 2 heterocycles. The summed E-state index contributed by atoms with van der Waals surface area (Å²) in [5.74, 6) is 0.925. The Bertz CT molecular complexity index is 846. The molecule has 1 unspecified atom stereocenters. The summed E-state index contributed by atoms with van der Waals surface area (Å²) in [6.07, 6.45) is 0.571. The molecule has 1 saturated heterocycles. The van der Waals surface area contributed by atoms with Gasteiger partial charge in [-0.05, 0) is 42.8 Å². The molecule has 2 aliphatic heterocycles. The zero-order chi connectivity index (χ0) is 18.1. The van der Waals surface area contributed by atoms with Gasteiger partial charge in [0.05, 0.1) is 0 Å². The topological polar surface area (TPSA) is 38.8 Å². The number of benzene rings is 2. The molecule has 2 aliphatic rings. The second kappa shape index (κ2) is 7.15. The molecule has 2 aromatic rings. The maximum Gasteiger partial charge on any atom is 0.254 e. The fourth-order valence-corrected chi connectivity index (χ4v) is 4.44. The van der Waals surface area contributed by atoms with E-state index in [0.717, 1.165) is 12.1 Å². The van der Waals surface area contributed by atoms with E-state index in [9.17, 15) is 13.6 Å². The van der Waals surface area contributed by atoms with Crippen molar-refractivity contribution in [2.75, 3.05) is 25.6 Å². The van der Waals surface area contributed by atoms with Crippen molar-refractivity contribution in [3.8, 4) is 11.5 Å². The maximum absolute atomic E-state index is 14.0. The van der Waals surface area contributed by atoms with E-state index in [4.69, 9.17) is 9.47 Å². The highest BCUT2D eigenvalue weighted by Gasteiger charge is 2.26. The van der Waals surface area contributed by atoms with Crippen LogP contribution in [0.25, 0.3) is 0 Å². The van der Waals surface area contributed by atoms with Gasteiger partial charge in [-0.2, -0.15) is 11.8 Å². The molecular weight excluding hydrogens is 360 g/mol. The first-order valence-corrected chi connectivity index (χ1v) is 9.42. The third kappa shape index (κ3) is 3.35. The predicted octanol–water partition coefficient (Wildman–Crippen LogP) is 4.01. The lowest BCUT2D eigenvalue weighted by Gasteiger charge is -2.20. The van der Waals surface area contributed by atoms with Gasteiger partial charge in [0.1, 0.15) is 11.6 Å². The van der Waals surface area contributed by atoms with Gasteiger partial charge in [0, 0.05) is 35.2 Å². The van der Waals surface area contributed by atoms with Gasteiger partial charge >= 0.3 is 0 Å². The number of hydrogen-bond donors (Lipinski definition) is 0. The molecule has 0 aliphatic carbocycles. The van der Waals surface area contributed by atoms with Crippen LogP contribution in [0.15, 0.2) is 36.4 Å². The number of thioether (sulfide) groups is 1. The Hall–Kier alpha value is -2.28. The molecular formula is C19H17F2NO3S. The monoisotopic (exact) mass is 377 g/mol. The summed E-state index contributed by atoms with van der Waals surface area (Å²) >= 11 is 1.55. The lowest BCUT2D eigenvalue weighted by molar-refractivity contribution is 0.0766. The van der Waals surface area contributed by atoms with Crippen molar-refractivity contribution in [3.05, 3.63) is 59.2 Å². The molecule has 1 amide bonds. The molecule has 26 heavy (non-hydrogen) atoms. The molecule has 4 rings (SSSR count). The molecule has 4 nitrogen and oxygen atoms in total. The van der Waals surface area contributed by atoms with Crippen molar-refractivity contribution in [1.29, 1.82) is 0 Å². The van der Waals surface area contributed by atoms with E-state index in [1.807, 2.05) is 0 Å². The van der Waals surface area contributed by atoms with Gasteiger partial charge < -0.3 is 14.4 Å². The number of amides is 1. The van der Waals surface area contributed by atoms with Crippen LogP contribution in [0.4, 0.5) is 8.78 Å². The summed E-state index contributed by atoms with van der Waals surface area (Å²) in [5.41, 5.74) is 0.905. The van der Waals surface area contributed by atoms with Crippen molar-refractivity contribution >= 4 is 17.7 Å². The number of halogens is 2. The average molecular weight is 377 g/mol. The second-order valence-electron chi connectivity index (χ2n) is 6.17. The SMILES string of the molecule is O=C(c1ccc2c(c1)OCO2)N1CCSC(c2cc(F)ccc2F)CC1. The standard InChI is InChI=1S/C19H17F2NO3S/c20-13-2-3-15(21)14(10-13)18-5-6-22(7-8-26-18)19(23)12-1-4-16-17(9-12)25-11-24-16/h1-4,9-10,18H,5-8,11H2.